The predicted molar refractivity (Wildman–Crippen MR) is 80.9 cm³/mol. The molecular formula is C13H17BrClF3N2O. The quantitative estimate of drug-likeness (QED) is 0.831. The summed E-state index contributed by atoms with van der Waals surface area (Å²) in [6.07, 6.45) is -5.23. The van der Waals surface area contributed by atoms with E-state index in [-0.39, 0.29) is 18.2 Å². The summed E-state index contributed by atoms with van der Waals surface area (Å²) >= 11 is 3.16. The van der Waals surface area contributed by atoms with Crippen LogP contribution in [0, 0.1) is 0 Å². The van der Waals surface area contributed by atoms with Gasteiger partial charge in [-0.15, -0.1) is 12.4 Å². The van der Waals surface area contributed by atoms with Crippen LogP contribution in [0.5, 0.6) is 5.75 Å². The molecule has 0 aliphatic carbocycles. The van der Waals surface area contributed by atoms with Gasteiger partial charge < -0.3 is 10.4 Å². The van der Waals surface area contributed by atoms with Crippen molar-refractivity contribution in [3.8, 4) is 5.75 Å². The summed E-state index contributed by atoms with van der Waals surface area (Å²) in [5.41, 5.74) is 0.318. The number of rotatable bonds is 3. The van der Waals surface area contributed by atoms with Crippen LogP contribution in [0.1, 0.15) is 18.0 Å². The fraction of sp³-hybridized carbons (Fsp3) is 0.538. The van der Waals surface area contributed by atoms with Crippen LogP contribution >= 0.6 is 28.3 Å². The molecule has 0 saturated carbocycles. The summed E-state index contributed by atoms with van der Waals surface area (Å²) in [5, 5.41) is 13.2. The van der Waals surface area contributed by atoms with Gasteiger partial charge in [-0.2, -0.15) is 13.2 Å². The Morgan fingerprint density at radius 1 is 1.29 bits per heavy atom. The van der Waals surface area contributed by atoms with Crippen molar-refractivity contribution in [2.75, 3.05) is 26.2 Å². The van der Waals surface area contributed by atoms with Gasteiger partial charge in [0.15, 0.2) is 0 Å². The topological polar surface area (TPSA) is 35.5 Å². The van der Waals surface area contributed by atoms with Crippen LogP contribution in [0.2, 0.25) is 0 Å². The summed E-state index contributed by atoms with van der Waals surface area (Å²) in [4.78, 5) is 1.77. The molecule has 3 nitrogen and oxygen atoms in total. The van der Waals surface area contributed by atoms with Gasteiger partial charge in [-0.05, 0) is 22.0 Å². The lowest BCUT2D eigenvalue weighted by molar-refractivity contribution is -0.148. The van der Waals surface area contributed by atoms with Crippen molar-refractivity contribution < 1.29 is 18.3 Å². The average Bonchev–Trinajstić information content (AvgIpc) is 2.40. The highest BCUT2D eigenvalue weighted by Crippen LogP contribution is 2.40. The number of phenolic OH excluding ortho intramolecular Hbond substituents is 1. The fourth-order valence-corrected chi connectivity index (χ4v) is 2.83. The molecule has 0 unspecified atom stereocenters. The SMILES string of the molecule is Cl.Oc1c(Br)cccc1[C@@H](CC(F)(F)F)N1CCNCC1. The van der Waals surface area contributed by atoms with E-state index in [1.54, 1.807) is 23.1 Å². The molecule has 0 amide bonds. The lowest BCUT2D eigenvalue weighted by Gasteiger charge is -2.36. The third-order valence-electron chi connectivity index (χ3n) is 3.39. The number of halogens is 5. The molecule has 8 heteroatoms. The summed E-state index contributed by atoms with van der Waals surface area (Å²) < 4.78 is 38.9. The van der Waals surface area contributed by atoms with Crippen LogP contribution in [-0.4, -0.2) is 42.4 Å². The monoisotopic (exact) mass is 388 g/mol. The summed E-state index contributed by atoms with van der Waals surface area (Å²) in [7, 11) is 0. The van der Waals surface area contributed by atoms with Gasteiger partial charge in [0.1, 0.15) is 5.75 Å². The molecule has 1 atom stereocenters. The second-order valence-corrected chi connectivity index (χ2v) is 5.65. The van der Waals surface area contributed by atoms with Crippen LogP contribution < -0.4 is 5.32 Å². The first-order chi connectivity index (χ1) is 9.38. The standard InChI is InChI=1S/C13H16BrF3N2O.ClH/c14-10-3-1-2-9(12(10)20)11(8-13(15,16)17)19-6-4-18-5-7-19;/h1-3,11,18,20H,4-8H2;1H/t11-;/m1./s1. The first kappa shape index (κ1) is 18.5. The summed E-state index contributed by atoms with van der Waals surface area (Å²) in [6, 6.07) is 3.96. The van der Waals surface area contributed by atoms with Gasteiger partial charge in [-0.1, -0.05) is 12.1 Å². The molecule has 1 aliphatic rings. The lowest BCUT2D eigenvalue weighted by Crippen LogP contribution is -2.46. The molecule has 0 bridgehead atoms. The third kappa shape index (κ3) is 5.02. The number of hydrogen-bond acceptors (Lipinski definition) is 3. The van der Waals surface area contributed by atoms with E-state index in [1.807, 2.05) is 0 Å². The second-order valence-electron chi connectivity index (χ2n) is 4.80. The van der Waals surface area contributed by atoms with Crippen molar-refractivity contribution in [2.24, 2.45) is 0 Å². The third-order valence-corrected chi connectivity index (χ3v) is 4.03. The number of alkyl halides is 3. The Morgan fingerprint density at radius 3 is 2.48 bits per heavy atom. The van der Waals surface area contributed by atoms with Crippen LogP contribution in [-0.2, 0) is 0 Å². The molecule has 120 valence electrons. The molecular weight excluding hydrogens is 373 g/mol. The first-order valence-electron chi connectivity index (χ1n) is 6.37. The minimum Gasteiger partial charge on any atom is -0.506 e. The molecule has 2 rings (SSSR count). The van der Waals surface area contributed by atoms with Gasteiger partial charge in [0, 0.05) is 37.8 Å². The Morgan fingerprint density at radius 2 is 1.90 bits per heavy atom. The highest BCUT2D eigenvalue weighted by Gasteiger charge is 2.37. The highest BCUT2D eigenvalue weighted by atomic mass is 79.9. The maximum absolute atomic E-state index is 12.8. The van der Waals surface area contributed by atoms with Crippen molar-refractivity contribution in [1.82, 2.24) is 10.2 Å². The van der Waals surface area contributed by atoms with Gasteiger partial charge in [0.05, 0.1) is 10.9 Å². The normalized spacial score (nSPS) is 18.1. The molecule has 1 fully saturated rings. The molecule has 1 aromatic carbocycles. The summed E-state index contributed by atoms with van der Waals surface area (Å²) in [5.74, 6) is -0.111. The number of piperazine rings is 1. The smallest absolute Gasteiger partial charge is 0.390 e. The van der Waals surface area contributed by atoms with E-state index in [1.165, 1.54) is 0 Å². The Labute approximate surface area is 136 Å². The van der Waals surface area contributed by atoms with Crippen LogP contribution in [0.15, 0.2) is 22.7 Å². The Kier molecular flexibility index (Phi) is 6.77. The number of phenols is 1. The number of benzene rings is 1. The maximum Gasteiger partial charge on any atom is 0.390 e. The van der Waals surface area contributed by atoms with Crippen molar-refractivity contribution >= 4 is 28.3 Å². The van der Waals surface area contributed by atoms with Crippen molar-refractivity contribution in [2.45, 2.75) is 18.6 Å². The Balaban J connectivity index is 0.00000220. The van der Waals surface area contributed by atoms with Crippen LogP contribution in [0.4, 0.5) is 13.2 Å². The molecule has 1 saturated heterocycles. The summed E-state index contributed by atoms with van der Waals surface area (Å²) in [6.45, 7) is 2.38. The van der Waals surface area contributed by atoms with E-state index in [4.69, 9.17) is 0 Å². The van der Waals surface area contributed by atoms with Crippen molar-refractivity contribution in [3.63, 3.8) is 0 Å². The van der Waals surface area contributed by atoms with E-state index >= 15 is 0 Å². The zero-order chi connectivity index (χ0) is 14.8. The van der Waals surface area contributed by atoms with Crippen LogP contribution in [0.3, 0.4) is 0 Å². The van der Waals surface area contributed by atoms with E-state index < -0.39 is 18.6 Å². The number of hydrogen-bond donors (Lipinski definition) is 2. The number of para-hydroxylation sites is 1. The predicted octanol–water partition coefficient (Wildman–Crippen LogP) is 3.48. The van der Waals surface area contributed by atoms with E-state index in [2.05, 4.69) is 21.2 Å². The van der Waals surface area contributed by atoms with Gasteiger partial charge in [-0.25, -0.2) is 0 Å². The molecule has 1 aliphatic heterocycles. The van der Waals surface area contributed by atoms with E-state index in [0.717, 1.165) is 0 Å². The molecule has 1 heterocycles. The first-order valence-corrected chi connectivity index (χ1v) is 7.16. The molecule has 1 aromatic rings. The van der Waals surface area contributed by atoms with E-state index in [9.17, 15) is 18.3 Å². The zero-order valence-corrected chi connectivity index (χ0v) is 13.6. The highest BCUT2D eigenvalue weighted by molar-refractivity contribution is 9.10. The van der Waals surface area contributed by atoms with Gasteiger partial charge in [0.25, 0.3) is 0 Å². The molecule has 21 heavy (non-hydrogen) atoms. The van der Waals surface area contributed by atoms with Crippen molar-refractivity contribution in [3.05, 3.63) is 28.2 Å². The molecule has 2 N–H and O–H groups in total. The minimum atomic E-state index is -4.27. The Bertz CT molecular complexity index is 467. The van der Waals surface area contributed by atoms with Crippen LogP contribution in [0.25, 0.3) is 0 Å². The number of aromatic hydroxyl groups is 1. The fourth-order valence-electron chi connectivity index (χ4n) is 2.45. The zero-order valence-electron chi connectivity index (χ0n) is 11.2. The Hall–Kier alpha value is -0.500. The molecule has 0 aromatic heterocycles. The lowest BCUT2D eigenvalue weighted by atomic mass is 10.00. The van der Waals surface area contributed by atoms with Gasteiger partial charge >= 0.3 is 6.18 Å². The maximum atomic E-state index is 12.8. The largest absolute Gasteiger partial charge is 0.506 e. The second kappa shape index (κ2) is 7.67. The molecule has 0 radical (unpaired) electrons. The number of nitrogens with zero attached hydrogens (tertiary/aromatic N) is 1. The van der Waals surface area contributed by atoms with E-state index in [0.29, 0.717) is 36.2 Å². The number of nitrogens with one attached hydrogen (secondary N) is 1. The van der Waals surface area contributed by atoms with Crippen molar-refractivity contribution in [1.29, 1.82) is 0 Å². The van der Waals surface area contributed by atoms with Gasteiger partial charge in [-0.3, -0.25) is 4.90 Å². The average molecular weight is 390 g/mol. The van der Waals surface area contributed by atoms with Gasteiger partial charge in [0.2, 0.25) is 0 Å². The molecule has 0 spiro atoms. The minimum absolute atomic E-state index is 0.